The molecule has 0 unspecified atom stereocenters. The lowest BCUT2D eigenvalue weighted by Gasteiger charge is -2.24. The molecule has 0 saturated carbocycles. The summed E-state index contributed by atoms with van der Waals surface area (Å²) in [6.07, 6.45) is 1.93. The first-order valence-corrected chi connectivity index (χ1v) is 9.17. The highest BCUT2D eigenvalue weighted by Crippen LogP contribution is 2.40. The molecule has 2 amide bonds. The van der Waals surface area contributed by atoms with E-state index in [1.54, 1.807) is 6.07 Å². The third kappa shape index (κ3) is 3.87. The Morgan fingerprint density at radius 1 is 1.38 bits per heavy atom. The predicted octanol–water partition coefficient (Wildman–Crippen LogP) is 3.22. The van der Waals surface area contributed by atoms with Gasteiger partial charge < -0.3 is 10.6 Å². The summed E-state index contributed by atoms with van der Waals surface area (Å²) in [5, 5.41) is 14.9. The lowest BCUT2D eigenvalue weighted by molar-refractivity contribution is -0.124. The summed E-state index contributed by atoms with van der Waals surface area (Å²) in [5.41, 5.74) is -0.555. The molecule has 1 aliphatic heterocycles. The fourth-order valence-corrected chi connectivity index (χ4v) is 3.30. The fourth-order valence-electron chi connectivity index (χ4n) is 3.30. The van der Waals surface area contributed by atoms with E-state index in [0.717, 1.165) is 0 Å². The van der Waals surface area contributed by atoms with E-state index in [9.17, 15) is 19.2 Å². The molecule has 0 bridgehead atoms. The highest BCUT2D eigenvalue weighted by molar-refractivity contribution is 6.01. The van der Waals surface area contributed by atoms with E-state index >= 15 is 0 Å². The van der Waals surface area contributed by atoms with Gasteiger partial charge >= 0.3 is 0 Å². The summed E-state index contributed by atoms with van der Waals surface area (Å²) in [6.45, 7) is 5.40. The van der Waals surface area contributed by atoms with E-state index in [0.29, 0.717) is 24.5 Å². The van der Waals surface area contributed by atoms with Crippen LogP contribution in [0.4, 0.5) is 27.5 Å². The van der Waals surface area contributed by atoms with Gasteiger partial charge in [0.1, 0.15) is 17.1 Å². The molecule has 2 aromatic rings. The summed E-state index contributed by atoms with van der Waals surface area (Å²) in [4.78, 5) is 34.1. The predicted molar refractivity (Wildman–Crippen MR) is 106 cm³/mol. The zero-order valence-corrected chi connectivity index (χ0v) is 16.4. The summed E-state index contributed by atoms with van der Waals surface area (Å²) in [6, 6.07) is 7.91. The van der Waals surface area contributed by atoms with Gasteiger partial charge in [0.05, 0.1) is 11.8 Å². The van der Waals surface area contributed by atoms with Crippen molar-refractivity contribution in [2.75, 3.05) is 22.1 Å². The summed E-state index contributed by atoms with van der Waals surface area (Å²) in [7, 11) is 0. The Hall–Kier alpha value is -3.54. The van der Waals surface area contributed by atoms with Crippen LogP contribution >= 0.6 is 0 Å². The lowest BCUT2D eigenvalue weighted by atomic mass is 9.77. The molecule has 0 aliphatic carbocycles. The molecule has 1 atom stereocenters. The topological polar surface area (TPSA) is 111 Å². The number of halogens is 1. The lowest BCUT2D eigenvalue weighted by Crippen LogP contribution is -2.37. The summed E-state index contributed by atoms with van der Waals surface area (Å²) < 4.78 is 13.8. The standard InChI is InChI=1S/C20H21FN6O2/c1-12(2)20(11-22)7-9-27(18(20)29)17-6-8-23-19(26-17)25-14-4-5-15(21)16(10-14)24-13(3)28/h4-6,8,10,12H,7,9H2,1-3H3,(H,24,28)(H,23,25,26)/t20-/m1/s1. The molecule has 1 aromatic carbocycles. The minimum Gasteiger partial charge on any atom is -0.324 e. The van der Waals surface area contributed by atoms with Gasteiger partial charge in [-0.05, 0) is 36.6 Å². The van der Waals surface area contributed by atoms with E-state index in [2.05, 4.69) is 26.7 Å². The molecular formula is C20H21FN6O2. The van der Waals surface area contributed by atoms with Gasteiger partial charge in [-0.2, -0.15) is 10.2 Å². The van der Waals surface area contributed by atoms with E-state index in [1.807, 2.05) is 13.8 Å². The monoisotopic (exact) mass is 396 g/mol. The van der Waals surface area contributed by atoms with Crippen LogP contribution in [0.15, 0.2) is 30.5 Å². The average Bonchev–Trinajstić information content (AvgIpc) is 3.02. The molecule has 150 valence electrons. The molecule has 8 nitrogen and oxygen atoms in total. The van der Waals surface area contributed by atoms with Crippen LogP contribution < -0.4 is 15.5 Å². The zero-order chi connectivity index (χ0) is 21.2. The Labute approximate surface area is 167 Å². The number of nitriles is 1. The molecular weight excluding hydrogens is 375 g/mol. The second-order valence-corrected chi connectivity index (χ2v) is 7.18. The fraction of sp³-hybridized carbons (Fsp3) is 0.350. The number of anilines is 4. The number of aromatic nitrogens is 2. The third-order valence-corrected chi connectivity index (χ3v) is 4.99. The molecule has 3 rings (SSSR count). The second-order valence-electron chi connectivity index (χ2n) is 7.18. The van der Waals surface area contributed by atoms with Gasteiger partial charge in [0, 0.05) is 25.4 Å². The number of rotatable bonds is 5. The zero-order valence-electron chi connectivity index (χ0n) is 16.4. The van der Waals surface area contributed by atoms with Crippen LogP contribution in [-0.4, -0.2) is 28.3 Å². The van der Waals surface area contributed by atoms with Gasteiger partial charge in [0.15, 0.2) is 0 Å². The summed E-state index contributed by atoms with van der Waals surface area (Å²) >= 11 is 0. The van der Waals surface area contributed by atoms with E-state index < -0.39 is 17.1 Å². The molecule has 2 N–H and O–H groups in total. The number of hydrogen-bond donors (Lipinski definition) is 2. The average molecular weight is 396 g/mol. The van der Waals surface area contributed by atoms with Crippen molar-refractivity contribution >= 4 is 35.0 Å². The van der Waals surface area contributed by atoms with Crippen LogP contribution in [-0.2, 0) is 9.59 Å². The molecule has 1 saturated heterocycles. The normalized spacial score (nSPS) is 18.6. The van der Waals surface area contributed by atoms with Crippen LogP contribution in [0.5, 0.6) is 0 Å². The largest absolute Gasteiger partial charge is 0.324 e. The van der Waals surface area contributed by atoms with E-state index in [-0.39, 0.29) is 23.5 Å². The quantitative estimate of drug-likeness (QED) is 0.803. The number of carbonyl (C=O) groups excluding carboxylic acids is 2. The van der Waals surface area contributed by atoms with Gasteiger partial charge in [-0.1, -0.05) is 13.8 Å². The SMILES string of the molecule is CC(=O)Nc1cc(Nc2nccc(N3CC[C@@](C#N)(C(C)C)C3=O)n2)ccc1F. The highest BCUT2D eigenvalue weighted by atomic mass is 19.1. The number of benzene rings is 1. The van der Waals surface area contributed by atoms with Crippen molar-refractivity contribution in [3.05, 3.63) is 36.3 Å². The van der Waals surface area contributed by atoms with Crippen molar-refractivity contribution in [3.8, 4) is 6.07 Å². The number of amides is 2. The number of nitrogens with one attached hydrogen (secondary N) is 2. The van der Waals surface area contributed by atoms with Crippen LogP contribution in [0.3, 0.4) is 0 Å². The molecule has 9 heteroatoms. The maximum atomic E-state index is 13.8. The van der Waals surface area contributed by atoms with Crippen LogP contribution in [0.2, 0.25) is 0 Å². The molecule has 1 aromatic heterocycles. The van der Waals surface area contributed by atoms with E-state index in [1.165, 1.54) is 36.2 Å². The maximum Gasteiger partial charge on any atom is 0.248 e. The Balaban J connectivity index is 1.84. The Morgan fingerprint density at radius 2 is 2.14 bits per heavy atom. The van der Waals surface area contributed by atoms with Crippen LogP contribution in [0.1, 0.15) is 27.2 Å². The van der Waals surface area contributed by atoms with Crippen molar-refractivity contribution in [2.24, 2.45) is 11.3 Å². The Kier molecular flexibility index (Phi) is 5.46. The first-order valence-electron chi connectivity index (χ1n) is 9.17. The Bertz CT molecular complexity index is 1000. The smallest absolute Gasteiger partial charge is 0.248 e. The molecule has 2 heterocycles. The minimum absolute atomic E-state index is 0.0316. The summed E-state index contributed by atoms with van der Waals surface area (Å²) in [5.74, 6) is -0.753. The molecule has 0 spiro atoms. The van der Waals surface area contributed by atoms with Gasteiger partial charge in [-0.15, -0.1) is 0 Å². The minimum atomic E-state index is -1.05. The van der Waals surface area contributed by atoms with Gasteiger partial charge in [0.2, 0.25) is 17.8 Å². The van der Waals surface area contributed by atoms with E-state index in [4.69, 9.17) is 0 Å². The number of nitrogens with zero attached hydrogens (tertiary/aromatic N) is 4. The Morgan fingerprint density at radius 3 is 2.76 bits per heavy atom. The molecule has 1 fully saturated rings. The van der Waals surface area contributed by atoms with Gasteiger partial charge in [-0.3, -0.25) is 14.5 Å². The third-order valence-electron chi connectivity index (χ3n) is 4.99. The van der Waals surface area contributed by atoms with Gasteiger partial charge in [0.25, 0.3) is 0 Å². The van der Waals surface area contributed by atoms with Crippen molar-refractivity contribution in [1.82, 2.24) is 9.97 Å². The first kappa shape index (κ1) is 20.2. The first-order chi connectivity index (χ1) is 13.8. The van der Waals surface area contributed by atoms with Crippen molar-refractivity contribution in [3.63, 3.8) is 0 Å². The number of carbonyl (C=O) groups is 2. The molecule has 29 heavy (non-hydrogen) atoms. The van der Waals surface area contributed by atoms with Crippen LogP contribution in [0.25, 0.3) is 0 Å². The van der Waals surface area contributed by atoms with Crippen molar-refractivity contribution < 1.29 is 14.0 Å². The van der Waals surface area contributed by atoms with Gasteiger partial charge in [-0.25, -0.2) is 9.37 Å². The molecule has 1 aliphatic rings. The highest BCUT2D eigenvalue weighted by Gasteiger charge is 2.50. The second kappa shape index (κ2) is 7.83. The van der Waals surface area contributed by atoms with Crippen molar-refractivity contribution in [1.29, 1.82) is 5.26 Å². The molecule has 0 radical (unpaired) electrons. The van der Waals surface area contributed by atoms with Crippen molar-refractivity contribution in [2.45, 2.75) is 27.2 Å². The number of hydrogen-bond acceptors (Lipinski definition) is 6. The maximum absolute atomic E-state index is 13.8. The van der Waals surface area contributed by atoms with Crippen LogP contribution in [0, 0.1) is 28.5 Å².